The molecule has 0 amide bonds. The smallest absolute Gasteiger partial charge is 0.191 e. The van der Waals surface area contributed by atoms with Crippen molar-refractivity contribution < 1.29 is 4.39 Å². The predicted octanol–water partition coefficient (Wildman–Crippen LogP) is 3.16. The molecule has 0 aliphatic heterocycles. The van der Waals surface area contributed by atoms with E-state index in [0.717, 1.165) is 18.8 Å². The molecule has 0 heterocycles. The minimum atomic E-state index is -0.197. The van der Waals surface area contributed by atoms with Crippen LogP contribution in [0.2, 0.25) is 0 Å². The topological polar surface area (TPSA) is 36.4 Å². The molecule has 0 bridgehead atoms. The molecule has 1 aromatic rings. The summed E-state index contributed by atoms with van der Waals surface area (Å²) in [5, 5.41) is 6.85. The minimum absolute atomic E-state index is 0.197. The van der Waals surface area contributed by atoms with Crippen molar-refractivity contribution in [3.8, 4) is 0 Å². The average molecular weight is 340 g/mol. The maximum atomic E-state index is 13.2. The molecular formula is C15H19BrFN3. The maximum Gasteiger partial charge on any atom is 0.191 e. The Morgan fingerprint density at radius 1 is 1.25 bits per heavy atom. The molecule has 2 aliphatic rings. The summed E-state index contributed by atoms with van der Waals surface area (Å²) in [4.78, 5) is 4.25. The van der Waals surface area contributed by atoms with Crippen molar-refractivity contribution in [1.82, 2.24) is 10.6 Å². The molecule has 2 saturated carbocycles. The summed E-state index contributed by atoms with van der Waals surface area (Å²) in [7, 11) is 1.81. The first-order chi connectivity index (χ1) is 9.65. The molecular weight excluding hydrogens is 321 g/mol. The van der Waals surface area contributed by atoms with E-state index in [1.54, 1.807) is 0 Å². The summed E-state index contributed by atoms with van der Waals surface area (Å²) in [5.41, 5.74) is 1.21. The van der Waals surface area contributed by atoms with Crippen LogP contribution in [0.5, 0.6) is 0 Å². The number of halogens is 2. The number of aliphatic imine (C=N–C) groups is 1. The average Bonchev–Trinajstić information content (AvgIpc) is 3.19. The van der Waals surface area contributed by atoms with Crippen LogP contribution in [-0.4, -0.2) is 25.1 Å². The molecule has 0 saturated heterocycles. The highest BCUT2D eigenvalue weighted by atomic mass is 79.9. The van der Waals surface area contributed by atoms with E-state index in [0.29, 0.717) is 22.5 Å². The van der Waals surface area contributed by atoms with Gasteiger partial charge in [0.25, 0.3) is 0 Å². The van der Waals surface area contributed by atoms with Crippen molar-refractivity contribution in [1.29, 1.82) is 0 Å². The molecule has 2 fully saturated rings. The second-order valence-corrected chi connectivity index (χ2v) is 6.53. The molecule has 0 aromatic heterocycles. The van der Waals surface area contributed by atoms with Gasteiger partial charge in [-0.2, -0.15) is 0 Å². The Morgan fingerprint density at radius 3 is 2.55 bits per heavy atom. The Morgan fingerprint density at radius 2 is 1.95 bits per heavy atom. The second kappa shape index (κ2) is 5.72. The number of nitrogens with zero attached hydrogens (tertiary/aromatic N) is 1. The van der Waals surface area contributed by atoms with Crippen LogP contribution in [0, 0.1) is 5.82 Å². The van der Waals surface area contributed by atoms with Crippen molar-refractivity contribution in [3.05, 3.63) is 34.1 Å². The van der Waals surface area contributed by atoms with Gasteiger partial charge in [-0.15, -0.1) is 0 Å². The molecule has 3 rings (SSSR count). The van der Waals surface area contributed by atoms with Crippen LogP contribution in [-0.2, 0) is 0 Å². The van der Waals surface area contributed by atoms with E-state index in [9.17, 15) is 4.39 Å². The van der Waals surface area contributed by atoms with Gasteiger partial charge in [0.15, 0.2) is 5.96 Å². The van der Waals surface area contributed by atoms with Gasteiger partial charge in [0.1, 0.15) is 5.82 Å². The first kappa shape index (κ1) is 13.9. The SMILES string of the molecule is CN=C(NC1CC1)NC1CC(c2ccc(F)c(Br)c2)C1. The number of nitrogens with one attached hydrogen (secondary N) is 2. The van der Waals surface area contributed by atoms with E-state index in [-0.39, 0.29) is 5.82 Å². The third-order valence-corrected chi connectivity index (χ3v) is 4.64. The summed E-state index contributed by atoms with van der Waals surface area (Å²) in [5.74, 6) is 1.23. The van der Waals surface area contributed by atoms with Crippen molar-refractivity contribution in [2.75, 3.05) is 7.05 Å². The van der Waals surface area contributed by atoms with Crippen LogP contribution in [0.3, 0.4) is 0 Å². The van der Waals surface area contributed by atoms with E-state index < -0.39 is 0 Å². The van der Waals surface area contributed by atoms with E-state index in [1.165, 1.54) is 24.5 Å². The number of guanidine groups is 1. The molecule has 5 heteroatoms. The minimum Gasteiger partial charge on any atom is -0.354 e. The summed E-state index contributed by atoms with van der Waals surface area (Å²) in [6.45, 7) is 0. The van der Waals surface area contributed by atoms with Crippen LogP contribution in [0.4, 0.5) is 4.39 Å². The molecule has 20 heavy (non-hydrogen) atoms. The molecule has 2 aliphatic carbocycles. The zero-order valence-corrected chi connectivity index (χ0v) is 13.1. The highest BCUT2D eigenvalue weighted by molar-refractivity contribution is 9.10. The van der Waals surface area contributed by atoms with Gasteiger partial charge >= 0.3 is 0 Å². The van der Waals surface area contributed by atoms with E-state index in [2.05, 4.69) is 31.6 Å². The quantitative estimate of drug-likeness (QED) is 0.655. The second-order valence-electron chi connectivity index (χ2n) is 5.67. The molecule has 0 spiro atoms. The number of rotatable bonds is 3. The standard InChI is InChI=1S/C15H19BrFN3/c1-18-15(19-11-3-4-11)20-12-6-10(7-12)9-2-5-14(17)13(16)8-9/h2,5,8,10-12H,3-4,6-7H2,1H3,(H2,18,19,20). The Bertz CT molecular complexity index is 522. The number of benzene rings is 1. The van der Waals surface area contributed by atoms with Gasteiger partial charge < -0.3 is 10.6 Å². The van der Waals surface area contributed by atoms with Crippen LogP contribution in [0.1, 0.15) is 37.2 Å². The van der Waals surface area contributed by atoms with Gasteiger partial charge in [-0.25, -0.2) is 4.39 Å². The Labute approximate surface area is 127 Å². The van der Waals surface area contributed by atoms with Crippen LogP contribution in [0.15, 0.2) is 27.7 Å². The lowest BCUT2D eigenvalue weighted by Gasteiger charge is -2.37. The van der Waals surface area contributed by atoms with Crippen molar-refractivity contribution in [3.63, 3.8) is 0 Å². The predicted molar refractivity (Wildman–Crippen MR) is 82.5 cm³/mol. The first-order valence-electron chi connectivity index (χ1n) is 7.10. The third kappa shape index (κ3) is 3.14. The Kier molecular flexibility index (Phi) is 3.96. The van der Waals surface area contributed by atoms with Crippen LogP contribution in [0.25, 0.3) is 0 Å². The summed E-state index contributed by atoms with van der Waals surface area (Å²) in [6.07, 6.45) is 4.64. The lowest BCUT2D eigenvalue weighted by atomic mass is 9.76. The lowest BCUT2D eigenvalue weighted by Crippen LogP contribution is -2.49. The number of hydrogen-bond donors (Lipinski definition) is 2. The largest absolute Gasteiger partial charge is 0.354 e. The molecule has 1 aromatic carbocycles. The van der Waals surface area contributed by atoms with Crippen molar-refractivity contribution in [2.45, 2.75) is 43.7 Å². The van der Waals surface area contributed by atoms with E-state index in [1.807, 2.05) is 19.2 Å². The third-order valence-electron chi connectivity index (χ3n) is 4.04. The van der Waals surface area contributed by atoms with Crippen LogP contribution >= 0.6 is 15.9 Å². The molecule has 2 N–H and O–H groups in total. The fourth-order valence-corrected chi connectivity index (χ4v) is 2.96. The van der Waals surface area contributed by atoms with Gasteiger partial charge in [-0.3, -0.25) is 4.99 Å². The van der Waals surface area contributed by atoms with Crippen LogP contribution < -0.4 is 10.6 Å². The van der Waals surface area contributed by atoms with Crippen molar-refractivity contribution in [2.24, 2.45) is 4.99 Å². The molecule has 108 valence electrons. The molecule has 0 unspecified atom stereocenters. The van der Waals surface area contributed by atoms with Gasteiger partial charge in [0.05, 0.1) is 4.47 Å². The van der Waals surface area contributed by atoms with Gasteiger partial charge in [-0.1, -0.05) is 6.07 Å². The summed E-state index contributed by atoms with van der Waals surface area (Å²) < 4.78 is 13.8. The van der Waals surface area contributed by atoms with E-state index in [4.69, 9.17) is 0 Å². The summed E-state index contributed by atoms with van der Waals surface area (Å²) in [6, 6.07) is 6.40. The van der Waals surface area contributed by atoms with Gasteiger partial charge in [-0.05, 0) is 65.2 Å². The monoisotopic (exact) mass is 339 g/mol. The highest BCUT2D eigenvalue weighted by Crippen LogP contribution is 2.38. The molecule has 0 atom stereocenters. The fourth-order valence-electron chi connectivity index (χ4n) is 2.56. The Balaban J connectivity index is 1.51. The number of hydrogen-bond acceptors (Lipinski definition) is 1. The lowest BCUT2D eigenvalue weighted by molar-refractivity contribution is 0.321. The van der Waals surface area contributed by atoms with E-state index >= 15 is 0 Å². The van der Waals surface area contributed by atoms with Gasteiger partial charge in [0, 0.05) is 19.1 Å². The maximum absolute atomic E-state index is 13.2. The molecule has 3 nitrogen and oxygen atoms in total. The Hall–Kier alpha value is -1.10. The summed E-state index contributed by atoms with van der Waals surface area (Å²) >= 11 is 3.25. The fraction of sp³-hybridized carbons (Fsp3) is 0.533. The highest BCUT2D eigenvalue weighted by Gasteiger charge is 2.32. The normalized spacial score (nSPS) is 26.1. The zero-order chi connectivity index (χ0) is 14.1. The molecule has 0 radical (unpaired) electrons. The zero-order valence-electron chi connectivity index (χ0n) is 11.5. The van der Waals surface area contributed by atoms with Crippen molar-refractivity contribution >= 4 is 21.9 Å². The van der Waals surface area contributed by atoms with Gasteiger partial charge in [0.2, 0.25) is 0 Å². The first-order valence-corrected chi connectivity index (χ1v) is 7.90.